The number of rotatable bonds is 4. The molecule has 0 radical (unpaired) electrons. The van der Waals surface area contributed by atoms with E-state index in [1.54, 1.807) is 25.4 Å². The second-order valence-electron chi connectivity index (χ2n) is 6.11. The van der Waals surface area contributed by atoms with Gasteiger partial charge >= 0.3 is 5.97 Å². The molecule has 0 unspecified atom stereocenters. The zero-order chi connectivity index (χ0) is 17.8. The second-order valence-corrected chi connectivity index (χ2v) is 6.55. The smallest absolute Gasteiger partial charge is 0.338 e. The number of hydrogen-bond donors (Lipinski definition) is 0. The van der Waals surface area contributed by atoms with Gasteiger partial charge in [-0.05, 0) is 36.8 Å². The van der Waals surface area contributed by atoms with Crippen LogP contribution < -0.4 is 9.64 Å². The van der Waals surface area contributed by atoms with Gasteiger partial charge in [-0.1, -0.05) is 17.7 Å². The van der Waals surface area contributed by atoms with Crippen LogP contribution in [0.2, 0.25) is 5.02 Å². The minimum absolute atomic E-state index is 0.0802. The summed E-state index contributed by atoms with van der Waals surface area (Å²) >= 11 is 5.87. The van der Waals surface area contributed by atoms with Gasteiger partial charge in [-0.3, -0.25) is 0 Å². The van der Waals surface area contributed by atoms with Crippen molar-refractivity contribution in [1.82, 2.24) is 4.98 Å². The van der Waals surface area contributed by atoms with E-state index in [2.05, 4.69) is 9.88 Å². The zero-order valence-corrected chi connectivity index (χ0v) is 15.1. The van der Waals surface area contributed by atoms with Crippen LogP contribution in [-0.2, 0) is 4.74 Å². The maximum Gasteiger partial charge on any atom is 0.338 e. The van der Waals surface area contributed by atoms with E-state index >= 15 is 0 Å². The van der Waals surface area contributed by atoms with E-state index in [4.69, 9.17) is 21.1 Å². The van der Waals surface area contributed by atoms with Crippen molar-refractivity contribution in [2.45, 2.75) is 25.9 Å². The molecule has 0 N–H and O–H groups in total. The van der Waals surface area contributed by atoms with Gasteiger partial charge in [-0.25, -0.2) is 9.78 Å². The molecule has 1 aromatic heterocycles. The first-order valence-corrected chi connectivity index (χ1v) is 8.67. The molecule has 3 rings (SSSR count). The number of pyridine rings is 1. The van der Waals surface area contributed by atoms with Crippen LogP contribution in [0.4, 0.5) is 5.82 Å². The molecule has 0 saturated carbocycles. The Hall–Kier alpha value is -2.27. The van der Waals surface area contributed by atoms with Crippen LogP contribution in [0.1, 0.15) is 28.8 Å². The Kier molecular flexibility index (Phi) is 5.43. The average molecular weight is 361 g/mol. The summed E-state index contributed by atoms with van der Waals surface area (Å²) < 4.78 is 10.9. The van der Waals surface area contributed by atoms with Crippen LogP contribution in [-0.4, -0.2) is 37.3 Å². The van der Waals surface area contributed by atoms with Crippen molar-refractivity contribution in [2.75, 3.05) is 25.1 Å². The third-order valence-corrected chi connectivity index (χ3v) is 4.62. The minimum Gasteiger partial charge on any atom is -0.496 e. The monoisotopic (exact) mass is 360 g/mol. The van der Waals surface area contributed by atoms with Crippen molar-refractivity contribution in [2.24, 2.45) is 0 Å². The first-order valence-electron chi connectivity index (χ1n) is 8.29. The van der Waals surface area contributed by atoms with Gasteiger partial charge in [0.2, 0.25) is 0 Å². The number of esters is 1. The van der Waals surface area contributed by atoms with Crippen LogP contribution in [0.25, 0.3) is 0 Å². The standard InChI is InChI=1S/C19H21ClN2O3/c1-13-3-4-14(11-17(13)24-2)19(23)25-16-7-9-22(10-8-16)18-6-5-15(20)12-21-18/h3-6,11-12,16H,7-10H2,1-2H3. The van der Waals surface area contributed by atoms with E-state index in [0.29, 0.717) is 16.3 Å². The summed E-state index contributed by atoms with van der Waals surface area (Å²) in [6.45, 7) is 3.53. The molecule has 1 aliphatic rings. The highest BCUT2D eigenvalue weighted by Crippen LogP contribution is 2.23. The van der Waals surface area contributed by atoms with Gasteiger partial charge in [-0.2, -0.15) is 0 Å². The van der Waals surface area contributed by atoms with Crippen LogP contribution in [0.5, 0.6) is 5.75 Å². The minimum atomic E-state index is -0.304. The number of ether oxygens (including phenoxy) is 2. The normalized spacial score (nSPS) is 15.1. The first-order chi connectivity index (χ1) is 12.1. The van der Waals surface area contributed by atoms with Gasteiger partial charge in [0.15, 0.2) is 0 Å². The number of piperidine rings is 1. The van der Waals surface area contributed by atoms with Crippen molar-refractivity contribution in [3.63, 3.8) is 0 Å². The Morgan fingerprint density at radius 1 is 1.24 bits per heavy atom. The van der Waals surface area contributed by atoms with Gasteiger partial charge < -0.3 is 14.4 Å². The van der Waals surface area contributed by atoms with E-state index in [1.165, 1.54) is 0 Å². The highest BCUT2D eigenvalue weighted by atomic mass is 35.5. The Balaban J connectivity index is 1.56. The number of aryl methyl sites for hydroxylation is 1. The molecule has 5 nitrogen and oxygen atoms in total. The van der Waals surface area contributed by atoms with E-state index < -0.39 is 0 Å². The number of halogens is 1. The number of nitrogens with zero attached hydrogens (tertiary/aromatic N) is 2. The van der Waals surface area contributed by atoms with Gasteiger partial charge in [0.05, 0.1) is 17.7 Å². The lowest BCUT2D eigenvalue weighted by Crippen LogP contribution is -2.38. The van der Waals surface area contributed by atoms with E-state index in [1.807, 2.05) is 25.1 Å². The topological polar surface area (TPSA) is 51.7 Å². The van der Waals surface area contributed by atoms with Gasteiger partial charge in [0.1, 0.15) is 17.7 Å². The van der Waals surface area contributed by atoms with Crippen molar-refractivity contribution in [3.8, 4) is 5.75 Å². The van der Waals surface area contributed by atoms with Crippen LogP contribution in [0.15, 0.2) is 36.5 Å². The molecule has 25 heavy (non-hydrogen) atoms. The third-order valence-electron chi connectivity index (χ3n) is 4.40. The van der Waals surface area contributed by atoms with Crippen LogP contribution in [0.3, 0.4) is 0 Å². The van der Waals surface area contributed by atoms with Gasteiger partial charge in [-0.15, -0.1) is 0 Å². The Morgan fingerprint density at radius 3 is 2.64 bits per heavy atom. The predicted molar refractivity (Wildman–Crippen MR) is 97.6 cm³/mol. The molecule has 1 fully saturated rings. The van der Waals surface area contributed by atoms with Gasteiger partial charge in [0, 0.05) is 32.1 Å². The van der Waals surface area contributed by atoms with Gasteiger partial charge in [0.25, 0.3) is 0 Å². The number of hydrogen-bond acceptors (Lipinski definition) is 5. The summed E-state index contributed by atoms with van der Waals surface area (Å²) in [4.78, 5) is 18.9. The number of carbonyl (C=O) groups excluding carboxylic acids is 1. The number of methoxy groups -OCH3 is 1. The molecule has 0 amide bonds. The quantitative estimate of drug-likeness (QED) is 0.774. The summed E-state index contributed by atoms with van der Waals surface area (Å²) in [7, 11) is 1.60. The zero-order valence-electron chi connectivity index (χ0n) is 14.4. The summed E-state index contributed by atoms with van der Waals surface area (Å²) in [5.74, 6) is 1.29. The maximum absolute atomic E-state index is 12.4. The summed E-state index contributed by atoms with van der Waals surface area (Å²) in [6, 6.07) is 9.11. The van der Waals surface area contributed by atoms with Crippen molar-refractivity contribution < 1.29 is 14.3 Å². The lowest BCUT2D eigenvalue weighted by molar-refractivity contribution is 0.0244. The summed E-state index contributed by atoms with van der Waals surface area (Å²) in [5, 5.41) is 0.626. The van der Waals surface area contributed by atoms with Crippen molar-refractivity contribution in [3.05, 3.63) is 52.7 Å². The highest BCUT2D eigenvalue weighted by molar-refractivity contribution is 6.30. The molecule has 0 bridgehead atoms. The predicted octanol–water partition coefficient (Wildman–Crippen LogP) is 3.88. The van der Waals surface area contributed by atoms with Crippen molar-refractivity contribution in [1.29, 1.82) is 0 Å². The lowest BCUT2D eigenvalue weighted by Gasteiger charge is -2.32. The van der Waals surface area contributed by atoms with E-state index in [9.17, 15) is 4.79 Å². The number of aromatic nitrogens is 1. The van der Waals surface area contributed by atoms with Crippen LogP contribution >= 0.6 is 11.6 Å². The molecular formula is C19H21ClN2O3. The van der Waals surface area contributed by atoms with E-state index in [0.717, 1.165) is 37.3 Å². The number of anilines is 1. The third kappa shape index (κ3) is 4.23. The fourth-order valence-corrected chi connectivity index (χ4v) is 3.04. The molecule has 2 aromatic rings. The second kappa shape index (κ2) is 7.74. The lowest BCUT2D eigenvalue weighted by atomic mass is 10.1. The highest BCUT2D eigenvalue weighted by Gasteiger charge is 2.24. The summed E-state index contributed by atoms with van der Waals surface area (Å²) in [5.41, 5.74) is 1.51. The fraction of sp³-hybridized carbons (Fsp3) is 0.368. The SMILES string of the molecule is COc1cc(C(=O)OC2CCN(c3ccc(Cl)cn3)CC2)ccc1C. The maximum atomic E-state index is 12.4. The molecule has 0 aliphatic carbocycles. The molecule has 0 spiro atoms. The van der Waals surface area contributed by atoms with Crippen LogP contribution in [0, 0.1) is 6.92 Å². The molecule has 1 saturated heterocycles. The molecule has 6 heteroatoms. The fourth-order valence-electron chi connectivity index (χ4n) is 2.92. The molecule has 1 aromatic carbocycles. The molecule has 1 aliphatic heterocycles. The average Bonchev–Trinajstić information content (AvgIpc) is 2.63. The number of carbonyl (C=O) groups is 1. The largest absolute Gasteiger partial charge is 0.496 e. The Bertz CT molecular complexity index is 741. The number of benzene rings is 1. The van der Waals surface area contributed by atoms with Crippen molar-refractivity contribution >= 4 is 23.4 Å². The summed E-state index contributed by atoms with van der Waals surface area (Å²) in [6.07, 6.45) is 3.12. The Morgan fingerprint density at radius 2 is 2.00 bits per heavy atom. The molecular weight excluding hydrogens is 340 g/mol. The first kappa shape index (κ1) is 17.5. The molecule has 2 heterocycles. The molecule has 132 valence electrons. The van der Waals surface area contributed by atoms with E-state index in [-0.39, 0.29) is 12.1 Å². The molecule has 0 atom stereocenters. The Labute approximate surface area is 152 Å².